The summed E-state index contributed by atoms with van der Waals surface area (Å²) in [5.74, 6) is -0.00516. The molecule has 2 atom stereocenters. The van der Waals surface area contributed by atoms with E-state index in [0.717, 1.165) is 38.5 Å². The first-order chi connectivity index (χ1) is 39.5. The van der Waals surface area contributed by atoms with Crippen LogP contribution in [0.2, 0.25) is 0 Å². The van der Waals surface area contributed by atoms with E-state index in [9.17, 15) is 19.8 Å². The maximum absolute atomic E-state index is 12.5. The van der Waals surface area contributed by atoms with Crippen molar-refractivity contribution in [1.29, 1.82) is 0 Å². The summed E-state index contributed by atoms with van der Waals surface area (Å²) in [5.41, 5.74) is 0. The highest BCUT2D eigenvalue weighted by atomic mass is 16.5. The van der Waals surface area contributed by atoms with Gasteiger partial charge in [0, 0.05) is 12.8 Å². The quantitative estimate of drug-likeness (QED) is 0.0320. The predicted molar refractivity (Wildman–Crippen MR) is 352 cm³/mol. The van der Waals surface area contributed by atoms with Crippen molar-refractivity contribution >= 4 is 11.9 Å². The minimum atomic E-state index is -0.661. The molecule has 80 heavy (non-hydrogen) atoms. The fourth-order valence-electron chi connectivity index (χ4n) is 11.9. The SMILES string of the molecule is CCCCCCCCCCCCCCCCCC(O)C(CO)NC(=O)CCCCCCCCCCCCCCCCCCC/C=C\CCCCCCCCCCCCCCCCOC(=O)CCCCCCCCCCCCCCC. The second-order valence-corrected chi connectivity index (χ2v) is 25.6. The van der Waals surface area contributed by atoms with Crippen molar-refractivity contribution in [2.24, 2.45) is 0 Å². The summed E-state index contributed by atoms with van der Waals surface area (Å²) in [4.78, 5) is 24.6. The van der Waals surface area contributed by atoms with E-state index in [4.69, 9.17) is 4.74 Å². The normalized spacial score (nSPS) is 12.5. The van der Waals surface area contributed by atoms with E-state index in [1.807, 2.05) is 0 Å². The summed E-state index contributed by atoms with van der Waals surface area (Å²) in [5, 5.41) is 23.3. The van der Waals surface area contributed by atoms with Crippen molar-refractivity contribution < 1.29 is 24.5 Å². The van der Waals surface area contributed by atoms with Crippen LogP contribution in [0.3, 0.4) is 0 Å². The van der Waals surface area contributed by atoms with Gasteiger partial charge in [-0.1, -0.05) is 373 Å². The molecule has 0 radical (unpaired) electrons. The molecule has 0 heterocycles. The number of unbranched alkanes of at least 4 members (excludes halogenated alkanes) is 57. The number of amides is 1. The van der Waals surface area contributed by atoms with Crippen molar-refractivity contribution in [1.82, 2.24) is 5.32 Å². The minimum absolute atomic E-state index is 0.0227. The second-order valence-electron chi connectivity index (χ2n) is 25.6. The fourth-order valence-corrected chi connectivity index (χ4v) is 11.9. The minimum Gasteiger partial charge on any atom is -0.466 e. The first kappa shape index (κ1) is 78.6. The number of carbonyl (C=O) groups excluding carboxylic acids is 2. The molecule has 0 aliphatic rings. The first-order valence-electron chi connectivity index (χ1n) is 36.9. The second kappa shape index (κ2) is 70.1. The molecule has 1 amide bonds. The van der Waals surface area contributed by atoms with Gasteiger partial charge in [-0.05, 0) is 51.4 Å². The van der Waals surface area contributed by atoms with Gasteiger partial charge in [-0.2, -0.15) is 0 Å². The highest BCUT2D eigenvalue weighted by Crippen LogP contribution is 2.19. The van der Waals surface area contributed by atoms with E-state index in [1.54, 1.807) is 0 Å². The third kappa shape index (κ3) is 65.7. The molecule has 0 aromatic rings. The number of aliphatic hydroxyl groups is 2. The van der Waals surface area contributed by atoms with Crippen LogP contribution < -0.4 is 5.32 Å². The van der Waals surface area contributed by atoms with Crippen LogP contribution in [0.5, 0.6) is 0 Å². The third-order valence-corrected chi connectivity index (χ3v) is 17.6. The standard InChI is InChI=1S/C74H145NO5/c1-3-5-7-9-11-13-15-17-39-43-46-50-54-58-62-66-72(77)71(70-76)75-73(78)67-63-59-55-51-47-44-40-37-35-33-31-29-27-25-23-21-19-18-20-22-24-26-28-30-32-34-36-38-41-45-49-53-57-61-65-69-80-74(79)68-64-60-56-52-48-42-16-14-12-10-8-6-4-2/h20,22,71-72,76-77H,3-19,21,23-70H2,1-2H3,(H,75,78)/b22-20-. The number of hydrogen-bond acceptors (Lipinski definition) is 5. The average molecular weight is 1130 g/mol. The number of nitrogens with one attached hydrogen (secondary N) is 1. The summed E-state index contributed by atoms with van der Waals surface area (Å²) in [7, 11) is 0. The van der Waals surface area contributed by atoms with Gasteiger partial charge in [0.2, 0.25) is 5.91 Å². The predicted octanol–water partition coefficient (Wildman–Crippen LogP) is 23.9. The molecule has 0 bridgehead atoms. The molecule has 6 heteroatoms. The topological polar surface area (TPSA) is 95.9 Å². The highest BCUT2D eigenvalue weighted by Gasteiger charge is 2.20. The maximum atomic E-state index is 12.5. The number of aliphatic hydroxyl groups excluding tert-OH is 2. The number of ether oxygens (including phenoxy) is 1. The Kier molecular flexibility index (Phi) is 68.9. The summed E-state index contributed by atoms with van der Waals surface area (Å²) in [6.45, 7) is 5.00. The summed E-state index contributed by atoms with van der Waals surface area (Å²) in [6, 6.07) is -0.538. The molecule has 6 nitrogen and oxygen atoms in total. The first-order valence-corrected chi connectivity index (χ1v) is 36.9. The van der Waals surface area contributed by atoms with E-state index in [0.29, 0.717) is 25.9 Å². The fraction of sp³-hybridized carbons (Fsp3) is 0.946. The molecule has 0 aromatic carbocycles. The average Bonchev–Trinajstić information content (AvgIpc) is 3.46. The maximum Gasteiger partial charge on any atom is 0.305 e. The molecular formula is C74H145NO5. The Labute approximate surface area is 501 Å². The van der Waals surface area contributed by atoms with E-state index in [2.05, 4.69) is 31.3 Å². The number of esters is 1. The van der Waals surface area contributed by atoms with E-state index in [1.165, 1.54) is 353 Å². The Morgan fingerprint density at radius 1 is 0.338 bits per heavy atom. The molecule has 0 saturated heterocycles. The highest BCUT2D eigenvalue weighted by molar-refractivity contribution is 5.76. The molecule has 0 spiro atoms. The van der Waals surface area contributed by atoms with Gasteiger partial charge in [0.1, 0.15) is 0 Å². The van der Waals surface area contributed by atoms with Crippen molar-refractivity contribution in [2.45, 2.75) is 437 Å². The lowest BCUT2D eigenvalue weighted by molar-refractivity contribution is -0.143. The van der Waals surface area contributed by atoms with Crippen molar-refractivity contribution in [3.63, 3.8) is 0 Å². The van der Waals surface area contributed by atoms with Crippen molar-refractivity contribution in [2.75, 3.05) is 13.2 Å². The van der Waals surface area contributed by atoms with Gasteiger partial charge in [0.25, 0.3) is 0 Å². The zero-order chi connectivity index (χ0) is 57.8. The molecule has 0 fully saturated rings. The lowest BCUT2D eigenvalue weighted by atomic mass is 10.0. The van der Waals surface area contributed by atoms with Gasteiger partial charge in [0.05, 0.1) is 25.4 Å². The van der Waals surface area contributed by atoms with Crippen LogP contribution in [0, 0.1) is 0 Å². The molecule has 3 N–H and O–H groups in total. The van der Waals surface area contributed by atoms with Crippen LogP contribution in [0.25, 0.3) is 0 Å². The largest absolute Gasteiger partial charge is 0.466 e. The summed E-state index contributed by atoms with van der Waals surface area (Å²) < 4.78 is 5.49. The number of allylic oxidation sites excluding steroid dienone is 2. The Morgan fingerprint density at radius 3 is 0.887 bits per heavy atom. The van der Waals surface area contributed by atoms with E-state index in [-0.39, 0.29) is 18.5 Å². The van der Waals surface area contributed by atoms with Crippen LogP contribution in [0.15, 0.2) is 12.2 Å². The van der Waals surface area contributed by atoms with Crippen LogP contribution in [-0.4, -0.2) is 47.4 Å². The Balaban J connectivity index is 3.32. The summed E-state index contributed by atoms with van der Waals surface area (Å²) in [6.07, 6.45) is 87.1. The number of hydrogen-bond donors (Lipinski definition) is 3. The van der Waals surface area contributed by atoms with Gasteiger partial charge in [-0.15, -0.1) is 0 Å². The van der Waals surface area contributed by atoms with Crippen LogP contribution in [0.1, 0.15) is 425 Å². The zero-order valence-corrected chi connectivity index (χ0v) is 54.6. The van der Waals surface area contributed by atoms with Gasteiger partial charge in [-0.25, -0.2) is 0 Å². The lowest BCUT2D eigenvalue weighted by Gasteiger charge is -2.22. The molecule has 0 aliphatic carbocycles. The Morgan fingerprint density at radius 2 is 0.588 bits per heavy atom. The smallest absolute Gasteiger partial charge is 0.305 e. The van der Waals surface area contributed by atoms with Gasteiger partial charge < -0.3 is 20.3 Å². The third-order valence-electron chi connectivity index (χ3n) is 17.6. The number of carbonyl (C=O) groups is 2. The van der Waals surface area contributed by atoms with Gasteiger partial charge in [-0.3, -0.25) is 9.59 Å². The summed E-state index contributed by atoms with van der Waals surface area (Å²) >= 11 is 0. The van der Waals surface area contributed by atoms with Crippen molar-refractivity contribution in [3.05, 3.63) is 12.2 Å². The Bertz CT molecular complexity index is 1210. The van der Waals surface area contributed by atoms with Crippen LogP contribution in [0.4, 0.5) is 0 Å². The van der Waals surface area contributed by atoms with E-state index >= 15 is 0 Å². The zero-order valence-electron chi connectivity index (χ0n) is 54.6. The monoisotopic (exact) mass is 1130 g/mol. The van der Waals surface area contributed by atoms with E-state index < -0.39 is 12.1 Å². The molecule has 0 rings (SSSR count). The molecular weight excluding hydrogens is 983 g/mol. The Hall–Kier alpha value is -1.40. The molecule has 2 unspecified atom stereocenters. The van der Waals surface area contributed by atoms with Crippen LogP contribution >= 0.6 is 0 Å². The van der Waals surface area contributed by atoms with Gasteiger partial charge in [0.15, 0.2) is 0 Å². The van der Waals surface area contributed by atoms with Crippen LogP contribution in [-0.2, 0) is 14.3 Å². The van der Waals surface area contributed by atoms with Crippen molar-refractivity contribution in [3.8, 4) is 0 Å². The van der Waals surface area contributed by atoms with Gasteiger partial charge >= 0.3 is 5.97 Å². The molecule has 0 aromatic heterocycles. The lowest BCUT2D eigenvalue weighted by Crippen LogP contribution is -2.45. The molecule has 0 aliphatic heterocycles. The molecule has 0 saturated carbocycles. The number of rotatable bonds is 70. The molecule has 476 valence electrons.